The molecule has 1 aromatic carbocycles. The number of hydrogen-bond donors (Lipinski definition) is 1. The van der Waals surface area contributed by atoms with Crippen LogP contribution >= 0.6 is 35.3 Å². The van der Waals surface area contributed by atoms with Crippen molar-refractivity contribution < 1.29 is 4.42 Å². The van der Waals surface area contributed by atoms with Crippen molar-refractivity contribution in [2.24, 2.45) is 0 Å². The molecule has 25 heavy (non-hydrogen) atoms. The fraction of sp³-hybridized carbons (Fsp3) is 0.211. The van der Waals surface area contributed by atoms with E-state index in [-0.39, 0.29) is 6.04 Å². The van der Waals surface area contributed by atoms with Crippen LogP contribution in [0.15, 0.2) is 69.5 Å². The second-order valence-electron chi connectivity index (χ2n) is 5.56. The van der Waals surface area contributed by atoms with Crippen molar-refractivity contribution in [3.63, 3.8) is 0 Å². The Morgan fingerprint density at radius 3 is 2.84 bits per heavy atom. The van der Waals surface area contributed by atoms with E-state index >= 15 is 0 Å². The summed E-state index contributed by atoms with van der Waals surface area (Å²) in [7, 11) is 0. The number of thiophene rings is 1. The van der Waals surface area contributed by atoms with E-state index in [2.05, 4.69) is 53.0 Å². The third-order valence-corrected chi connectivity index (χ3v) is 6.02. The third-order valence-electron chi connectivity index (χ3n) is 3.91. The summed E-state index contributed by atoms with van der Waals surface area (Å²) in [4.78, 5) is 4.64. The lowest BCUT2D eigenvalue weighted by molar-refractivity contribution is 0.306. The average molecular weight is 389 g/mol. The summed E-state index contributed by atoms with van der Waals surface area (Å²) in [5, 5.41) is 6.16. The van der Waals surface area contributed by atoms with Gasteiger partial charge in [-0.25, -0.2) is 0 Å². The Morgan fingerprint density at radius 2 is 2.16 bits per heavy atom. The highest BCUT2D eigenvalue weighted by Gasteiger charge is 2.21. The lowest BCUT2D eigenvalue weighted by atomic mass is 10.2. The van der Waals surface area contributed by atoms with Crippen LogP contribution in [0.1, 0.15) is 23.6 Å². The molecule has 0 unspecified atom stereocenters. The maximum absolute atomic E-state index is 5.73. The lowest BCUT2D eigenvalue weighted by Crippen LogP contribution is -2.36. The summed E-state index contributed by atoms with van der Waals surface area (Å²) in [6, 6.07) is 16.5. The van der Waals surface area contributed by atoms with Gasteiger partial charge in [-0.1, -0.05) is 12.1 Å². The smallest absolute Gasteiger partial charge is 0.174 e. The number of benzene rings is 1. The molecular formula is C19H20N2OS3. The topological polar surface area (TPSA) is 28.4 Å². The van der Waals surface area contributed by atoms with Crippen molar-refractivity contribution in [1.82, 2.24) is 4.90 Å². The zero-order chi connectivity index (χ0) is 17.6. The molecule has 2 aromatic heterocycles. The van der Waals surface area contributed by atoms with Crippen LogP contribution in [0.3, 0.4) is 0 Å². The standard InChI is InChI=1S/C19H20N2OS3/c1-14(18-9-5-11-25-18)21(13-16-7-4-10-22-16)19(23)20-15-6-3-8-17(12-15)24-2/h3-12,14H,13H2,1-2H3,(H,20,23)/t14-/m1/s1. The minimum atomic E-state index is 0.161. The highest BCUT2D eigenvalue weighted by atomic mass is 32.2. The number of thiocarbonyl (C=S) groups is 1. The zero-order valence-corrected chi connectivity index (χ0v) is 16.6. The number of rotatable bonds is 6. The van der Waals surface area contributed by atoms with E-state index < -0.39 is 0 Å². The predicted octanol–water partition coefficient (Wildman–Crippen LogP) is 6.02. The van der Waals surface area contributed by atoms with Gasteiger partial charge in [0, 0.05) is 15.5 Å². The molecule has 0 amide bonds. The largest absolute Gasteiger partial charge is 0.467 e. The molecule has 0 aliphatic heterocycles. The van der Waals surface area contributed by atoms with Crippen LogP contribution in [0.2, 0.25) is 0 Å². The molecule has 1 N–H and O–H groups in total. The number of nitrogens with one attached hydrogen (secondary N) is 1. The van der Waals surface area contributed by atoms with Gasteiger partial charge in [-0.15, -0.1) is 23.1 Å². The summed E-state index contributed by atoms with van der Waals surface area (Å²) in [6.07, 6.45) is 3.77. The van der Waals surface area contributed by atoms with Crippen molar-refractivity contribution in [1.29, 1.82) is 0 Å². The van der Waals surface area contributed by atoms with Gasteiger partial charge in [-0.3, -0.25) is 0 Å². The average Bonchev–Trinajstić information content (AvgIpc) is 3.33. The van der Waals surface area contributed by atoms with Crippen LogP contribution in [0.5, 0.6) is 0 Å². The molecule has 3 rings (SSSR count). The Balaban J connectivity index is 1.80. The van der Waals surface area contributed by atoms with Gasteiger partial charge < -0.3 is 14.6 Å². The molecule has 0 bridgehead atoms. The van der Waals surface area contributed by atoms with E-state index in [0.717, 1.165) is 11.4 Å². The van der Waals surface area contributed by atoms with Gasteiger partial charge in [0.15, 0.2) is 5.11 Å². The molecule has 0 saturated heterocycles. The highest BCUT2D eigenvalue weighted by Crippen LogP contribution is 2.28. The van der Waals surface area contributed by atoms with Gasteiger partial charge in [0.05, 0.1) is 18.8 Å². The maximum atomic E-state index is 5.73. The first-order chi connectivity index (χ1) is 12.2. The number of nitrogens with zero attached hydrogens (tertiary/aromatic N) is 1. The normalized spacial score (nSPS) is 11.9. The SMILES string of the molecule is CSc1cccc(NC(=S)N(Cc2ccco2)[C@H](C)c2cccs2)c1. The third kappa shape index (κ3) is 4.66. The molecule has 0 aliphatic carbocycles. The summed E-state index contributed by atoms with van der Waals surface area (Å²) >= 11 is 9.19. The second kappa shape index (κ2) is 8.56. The Kier molecular flexibility index (Phi) is 6.18. The van der Waals surface area contributed by atoms with E-state index in [1.165, 1.54) is 9.77 Å². The monoisotopic (exact) mass is 388 g/mol. The van der Waals surface area contributed by atoms with Crippen molar-refractivity contribution in [2.75, 3.05) is 11.6 Å². The summed E-state index contributed by atoms with van der Waals surface area (Å²) in [5.41, 5.74) is 1.000. The first-order valence-corrected chi connectivity index (χ1v) is 10.5. The molecule has 0 aliphatic rings. The predicted molar refractivity (Wildman–Crippen MR) is 111 cm³/mol. The Labute approximate surface area is 162 Å². The van der Waals surface area contributed by atoms with Gasteiger partial charge in [0.2, 0.25) is 0 Å². The van der Waals surface area contributed by atoms with Gasteiger partial charge >= 0.3 is 0 Å². The van der Waals surface area contributed by atoms with E-state index in [4.69, 9.17) is 16.6 Å². The lowest BCUT2D eigenvalue weighted by Gasteiger charge is -2.30. The van der Waals surface area contributed by atoms with Crippen LogP contribution in [-0.4, -0.2) is 16.3 Å². The first-order valence-electron chi connectivity index (χ1n) is 7.95. The molecule has 0 saturated carbocycles. The highest BCUT2D eigenvalue weighted by molar-refractivity contribution is 7.98. The van der Waals surface area contributed by atoms with Crippen LogP contribution in [-0.2, 0) is 6.54 Å². The molecule has 0 radical (unpaired) electrons. The molecule has 3 aromatic rings. The second-order valence-corrected chi connectivity index (χ2v) is 7.81. The Bertz CT molecular complexity index is 800. The summed E-state index contributed by atoms with van der Waals surface area (Å²) < 4.78 is 5.54. The first kappa shape index (κ1) is 18.0. The van der Waals surface area contributed by atoms with Crippen LogP contribution < -0.4 is 5.32 Å². The molecule has 0 fully saturated rings. The summed E-state index contributed by atoms with van der Waals surface area (Å²) in [5.74, 6) is 0.894. The molecule has 0 spiro atoms. The number of hydrogen-bond acceptors (Lipinski definition) is 4. The van der Waals surface area contributed by atoms with Crippen LogP contribution in [0, 0.1) is 0 Å². The molecular weight excluding hydrogens is 368 g/mol. The van der Waals surface area contributed by atoms with Gasteiger partial charge in [-0.05, 0) is 67.2 Å². The van der Waals surface area contributed by atoms with E-state index in [1.807, 2.05) is 24.3 Å². The molecule has 6 heteroatoms. The Morgan fingerprint density at radius 1 is 1.28 bits per heavy atom. The molecule has 1 atom stereocenters. The summed E-state index contributed by atoms with van der Waals surface area (Å²) in [6.45, 7) is 2.79. The zero-order valence-electron chi connectivity index (χ0n) is 14.1. The molecule has 2 heterocycles. The van der Waals surface area contributed by atoms with Gasteiger partial charge in [-0.2, -0.15) is 0 Å². The fourth-order valence-electron chi connectivity index (χ4n) is 2.53. The van der Waals surface area contributed by atoms with Crippen molar-refractivity contribution in [3.8, 4) is 0 Å². The molecule has 130 valence electrons. The minimum Gasteiger partial charge on any atom is -0.467 e. The van der Waals surface area contributed by atoms with Crippen LogP contribution in [0.25, 0.3) is 0 Å². The Hall–Kier alpha value is -1.76. The fourth-order valence-corrected chi connectivity index (χ4v) is 4.13. The van der Waals surface area contributed by atoms with Crippen molar-refractivity contribution in [3.05, 3.63) is 70.8 Å². The quantitative estimate of drug-likeness (QED) is 0.412. The number of anilines is 1. The van der Waals surface area contributed by atoms with E-state index in [0.29, 0.717) is 11.7 Å². The van der Waals surface area contributed by atoms with Crippen LogP contribution in [0.4, 0.5) is 5.69 Å². The molecule has 3 nitrogen and oxygen atoms in total. The van der Waals surface area contributed by atoms with Gasteiger partial charge in [0.1, 0.15) is 5.76 Å². The minimum absolute atomic E-state index is 0.161. The maximum Gasteiger partial charge on any atom is 0.174 e. The van der Waals surface area contributed by atoms with Crippen molar-refractivity contribution in [2.45, 2.75) is 24.4 Å². The van der Waals surface area contributed by atoms with E-state index in [9.17, 15) is 0 Å². The van der Waals surface area contributed by atoms with Crippen molar-refractivity contribution >= 4 is 46.1 Å². The number of furan rings is 1. The number of thioether (sulfide) groups is 1. The van der Waals surface area contributed by atoms with E-state index in [1.54, 1.807) is 29.4 Å². The van der Waals surface area contributed by atoms with Gasteiger partial charge in [0.25, 0.3) is 0 Å².